The van der Waals surface area contributed by atoms with Gasteiger partial charge in [-0.3, -0.25) is 9.78 Å². The summed E-state index contributed by atoms with van der Waals surface area (Å²) < 4.78 is 0. The number of carbonyl (C=O) groups is 2. The lowest BCUT2D eigenvalue weighted by molar-refractivity contribution is -0.119. The summed E-state index contributed by atoms with van der Waals surface area (Å²) in [6, 6.07) is 11.3. The number of carbonyl (C=O) groups excluding carboxylic acids is 2. The van der Waals surface area contributed by atoms with Crippen LogP contribution in [0.3, 0.4) is 0 Å². The highest BCUT2D eigenvalue weighted by atomic mass is 35.5. The highest BCUT2D eigenvalue weighted by molar-refractivity contribution is 6.30. The quantitative estimate of drug-likeness (QED) is 0.818. The molecule has 3 rings (SSSR count). The number of rotatable bonds is 3. The summed E-state index contributed by atoms with van der Waals surface area (Å²) in [7, 11) is 0. The van der Waals surface area contributed by atoms with Gasteiger partial charge in [-0.1, -0.05) is 17.7 Å². The van der Waals surface area contributed by atoms with E-state index >= 15 is 0 Å². The molecule has 1 aliphatic heterocycles. The molecule has 0 bridgehead atoms. The van der Waals surface area contributed by atoms with Crippen molar-refractivity contribution < 1.29 is 9.59 Å². The molecule has 0 unspecified atom stereocenters. The van der Waals surface area contributed by atoms with E-state index < -0.39 is 6.04 Å². The molecule has 22 heavy (non-hydrogen) atoms. The Morgan fingerprint density at radius 2 is 1.86 bits per heavy atom. The minimum atomic E-state index is -0.523. The molecule has 1 aliphatic rings. The summed E-state index contributed by atoms with van der Waals surface area (Å²) in [6.07, 6.45) is 1.67. The minimum absolute atomic E-state index is 0.247. The molecule has 112 valence electrons. The molecule has 0 radical (unpaired) electrons. The van der Waals surface area contributed by atoms with E-state index in [1.807, 2.05) is 18.2 Å². The fourth-order valence-electron chi connectivity index (χ4n) is 2.41. The first kappa shape index (κ1) is 14.5. The summed E-state index contributed by atoms with van der Waals surface area (Å²) >= 11 is 5.85. The molecule has 3 amide bonds. The van der Waals surface area contributed by atoms with Crippen molar-refractivity contribution in [2.24, 2.45) is 0 Å². The summed E-state index contributed by atoms with van der Waals surface area (Å²) in [6.45, 7) is 2.02. The van der Waals surface area contributed by atoms with Gasteiger partial charge in [0.05, 0.1) is 17.9 Å². The predicted molar refractivity (Wildman–Crippen MR) is 83.6 cm³/mol. The second-order valence-corrected chi connectivity index (χ2v) is 5.49. The Morgan fingerprint density at radius 3 is 2.50 bits per heavy atom. The zero-order chi connectivity index (χ0) is 15.7. The van der Waals surface area contributed by atoms with Crippen molar-refractivity contribution in [2.45, 2.75) is 19.5 Å². The van der Waals surface area contributed by atoms with E-state index in [2.05, 4.69) is 4.98 Å². The SMILES string of the molecule is C[C@H]1C(=O)N(c2ccc(Cl)cc2)C(=O)N1Cc1ccccn1. The van der Waals surface area contributed by atoms with Crippen LogP contribution >= 0.6 is 11.6 Å². The summed E-state index contributed by atoms with van der Waals surface area (Å²) in [5.41, 5.74) is 1.27. The third-order valence-corrected chi connectivity index (χ3v) is 3.88. The number of halogens is 1. The number of hydrogen-bond acceptors (Lipinski definition) is 3. The van der Waals surface area contributed by atoms with E-state index in [1.165, 1.54) is 9.80 Å². The molecule has 5 nitrogen and oxygen atoms in total. The molecule has 1 atom stereocenters. The fourth-order valence-corrected chi connectivity index (χ4v) is 2.53. The molecular formula is C16H14ClN3O2. The van der Waals surface area contributed by atoms with Crippen LogP contribution in [0.4, 0.5) is 10.5 Å². The number of nitrogens with zero attached hydrogens (tertiary/aromatic N) is 3. The van der Waals surface area contributed by atoms with Gasteiger partial charge in [0.2, 0.25) is 0 Å². The van der Waals surface area contributed by atoms with E-state index in [4.69, 9.17) is 11.6 Å². The Labute approximate surface area is 133 Å². The number of benzene rings is 1. The summed E-state index contributed by atoms with van der Waals surface area (Å²) in [5.74, 6) is -0.247. The fraction of sp³-hybridized carbons (Fsp3) is 0.188. The lowest BCUT2D eigenvalue weighted by Crippen LogP contribution is -2.33. The third kappa shape index (κ3) is 2.55. The van der Waals surface area contributed by atoms with Crippen LogP contribution in [0.25, 0.3) is 0 Å². The number of urea groups is 1. The van der Waals surface area contributed by atoms with Gasteiger partial charge in [-0.05, 0) is 43.3 Å². The van der Waals surface area contributed by atoms with Gasteiger partial charge in [0.15, 0.2) is 0 Å². The molecule has 1 saturated heterocycles. The van der Waals surface area contributed by atoms with Crippen LogP contribution in [-0.4, -0.2) is 27.9 Å². The van der Waals surface area contributed by atoms with E-state index in [0.717, 1.165) is 5.69 Å². The molecule has 0 N–H and O–H groups in total. The van der Waals surface area contributed by atoms with E-state index in [-0.39, 0.29) is 11.9 Å². The van der Waals surface area contributed by atoms with E-state index in [1.54, 1.807) is 37.4 Å². The molecule has 1 aromatic carbocycles. The van der Waals surface area contributed by atoms with Crippen molar-refractivity contribution in [2.75, 3.05) is 4.90 Å². The second-order valence-electron chi connectivity index (χ2n) is 5.06. The van der Waals surface area contributed by atoms with Crippen molar-refractivity contribution in [3.8, 4) is 0 Å². The Kier molecular flexibility index (Phi) is 3.81. The smallest absolute Gasteiger partial charge is 0.306 e. The Morgan fingerprint density at radius 1 is 1.14 bits per heavy atom. The standard InChI is InChI=1S/C16H14ClN3O2/c1-11-15(21)20(14-7-5-12(17)6-8-14)16(22)19(11)10-13-4-2-3-9-18-13/h2-9,11H,10H2,1H3/t11-/m0/s1. The lowest BCUT2D eigenvalue weighted by atomic mass is 10.2. The first-order chi connectivity index (χ1) is 10.6. The zero-order valence-corrected chi connectivity index (χ0v) is 12.7. The minimum Gasteiger partial charge on any atom is -0.306 e. The number of anilines is 1. The second kappa shape index (κ2) is 5.77. The van der Waals surface area contributed by atoms with Crippen LogP contribution in [0, 0.1) is 0 Å². The normalized spacial score (nSPS) is 18.2. The first-order valence-electron chi connectivity index (χ1n) is 6.88. The van der Waals surface area contributed by atoms with Gasteiger partial charge in [-0.15, -0.1) is 0 Å². The monoisotopic (exact) mass is 315 g/mol. The maximum absolute atomic E-state index is 12.6. The Bertz CT molecular complexity index is 703. The molecule has 0 spiro atoms. The largest absolute Gasteiger partial charge is 0.332 e. The Balaban J connectivity index is 1.87. The van der Waals surface area contributed by atoms with Crippen LogP contribution in [0.2, 0.25) is 5.02 Å². The van der Waals surface area contributed by atoms with Crippen molar-refractivity contribution in [3.05, 3.63) is 59.4 Å². The maximum Gasteiger partial charge on any atom is 0.332 e. The van der Waals surface area contributed by atoms with Gasteiger partial charge in [0.1, 0.15) is 6.04 Å². The number of hydrogen-bond donors (Lipinski definition) is 0. The number of imide groups is 1. The number of pyridine rings is 1. The lowest BCUT2D eigenvalue weighted by Gasteiger charge is -2.18. The average Bonchev–Trinajstić information content (AvgIpc) is 2.73. The van der Waals surface area contributed by atoms with E-state index in [0.29, 0.717) is 17.3 Å². The third-order valence-electron chi connectivity index (χ3n) is 3.63. The van der Waals surface area contributed by atoms with Crippen LogP contribution < -0.4 is 4.90 Å². The number of aromatic nitrogens is 1. The molecule has 6 heteroatoms. The van der Waals surface area contributed by atoms with Crippen molar-refractivity contribution in [1.82, 2.24) is 9.88 Å². The van der Waals surface area contributed by atoms with E-state index in [9.17, 15) is 9.59 Å². The van der Waals surface area contributed by atoms with Crippen molar-refractivity contribution >= 4 is 29.2 Å². The molecular weight excluding hydrogens is 302 g/mol. The van der Waals surface area contributed by atoms with Gasteiger partial charge in [-0.25, -0.2) is 9.69 Å². The zero-order valence-electron chi connectivity index (χ0n) is 11.9. The molecule has 1 fully saturated rings. The van der Waals surface area contributed by atoms with Gasteiger partial charge in [0, 0.05) is 11.2 Å². The highest BCUT2D eigenvalue weighted by Gasteiger charge is 2.43. The van der Waals surface area contributed by atoms with Gasteiger partial charge in [-0.2, -0.15) is 0 Å². The maximum atomic E-state index is 12.6. The molecule has 0 aliphatic carbocycles. The first-order valence-corrected chi connectivity index (χ1v) is 7.26. The van der Waals surface area contributed by atoms with Gasteiger partial charge < -0.3 is 4.90 Å². The highest BCUT2D eigenvalue weighted by Crippen LogP contribution is 2.27. The average molecular weight is 316 g/mol. The van der Waals surface area contributed by atoms with Gasteiger partial charge >= 0.3 is 6.03 Å². The topological polar surface area (TPSA) is 53.5 Å². The van der Waals surface area contributed by atoms with Crippen LogP contribution in [0.15, 0.2) is 48.7 Å². The summed E-state index contributed by atoms with van der Waals surface area (Å²) in [5, 5.41) is 0.557. The summed E-state index contributed by atoms with van der Waals surface area (Å²) in [4.78, 5) is 31.9. The van der Waals surface area contributed by atoms with Crippen LogP contribution in [-0.2, 0) is 11.3 Å². The van der Waals surface area contributed by atoms with Gasteiger partial charge in [0.25, 0.3) is 5.91 Å². The molecule has 0 saturated carbocycles. The predicted octanol–water partition coefficient (Wildman–Crippen LogP) is 3.09. The van der Waals surface area contributed by atoms with Crippen molar-refractivity contribution in [1.29, 1.82) is 0 Å². The Hall–Kier alpha value is -2.40. The number of amides is 3. The van der Waals surface area contributed by atoms with Crippen LogP contribution in [0.1, 0.15) is 12.6 Å². The van der Waals surface area contributed by atoms with Crippen LogP contribution in [0.5, 0.6) is 0 Å². The van der Waals surface area contributed by atoms with Crippen molar-refractivity contribution in [3.63, 3.8) is 0 Å². The molecule has 2 heterocycles. The molecule has 1 aromatic heterocycles. The molecule has 2 aromatic rings.